The van der Waals surface area contributed by atoms with E-state index in [1.54, 1.807) is 6.07 Å². The van der Waals surface area contributed by atoms with Gasteiger partial charge < -0.3 is 15.7 Å². The minimum Gasteiger partial charge on any atom is -0.477 e. The maximum Gasteiger partial charge on any atom is 0.341 e. The van der Waals surface area contributed by atoms with Gasteiger partial charge in [0.2, 0.25) is 5.43 Å². The molecular formula is C22H20F2N4O3. The lowest BCUT2D eigenvalue weighted by Gasteiger charge is -2.37. The average Bonchev–Trinajstić information content (AvgIpc) is 2.95. The Kier molecular flexibility index (Phi) is 4.51. The van der Waals surface area contributed by atoms with Gasteiger partial charge in [0.15, 0.2) is 17.3 Å². The molecule has 1 saturated heterocycles. The molecule has 2 aliphatic rings. The van der Waals surface area contributed by atoms with Crippen LogP contribution in [-0.2, 0) is 0 Å². The van der Waals surface area contributed by atoms with Crippen molar-refractivity contribution >= 4 is 22.8 Å². The normalized spacial score (nSPS) is 22.8. The van der Waals surface area contributed by atoms with Gasteiger partial charge in [0.05, 0.1) is 11.1 Å². The number of hydrogen-bond donors (Lipinski definition) is 2. The van der Waals surface area contributed by atoms with Crippen LogP contribution in [0.25, 0.3) is 16.7 Å². The van der Waals surface area contributed by atoms with Gasteiger partial charge in [-0.25, -0.2) is 18.6 Å². The van der Waals surface area contributed by atoms with Crippen molar-refractivity contribution in [1.82, 2.24) is 9.55 Å². The minimum atomic E-state index is -1.48. The monoisotopic (exact) mass is 426 g/mol. The summed E-state index contributed by atoms with van der Waals surface area (Å²) in [6.45, 7) is 1.09. The molecule has 7 nitrogen and oxygen atoms in total. The van der Waals surface area contributed by atoms with E-state index in [9.17, 15) is 19.1 Å². The third kappa shape index (κ3) is 3.07. The van der Waals surface area contributed by atoms with E-state index in [0.29, 0.717) is 13.1 Å². The molecule has 1 aliphatic carbocycles. The Labute approximate surface area is 175 Å². The van der Waals surface area contributed by atoms with E-state index in [-0.39, 0.29) is 40.4 Å². The van der Waals surface area contributed by atoms with Gasteiger partial charge in [0.1, 0.15) is 11.4 Å². The molecule has 9 heteroatoms. The molecule has 3 aromatic rings. The van der Waals surface area contributed by atoms with Crippen molar-refractivity contribution in [3.05, 3.63) is 63.9 Å². The highest BCUT2D eigenvalue weighted by Crippen LogP contribution is 2.38. The summed E-state index contributed by atoms with van der Waals surface area (Å²) in [5, 5.41) is 9.22. The van der Waals surface area contributed by atoms with Gasteiger partial charge in [0.25, 0.3) is 0 Å². The third-order valence-corrected chi connectivity index (χ3v) is 6.46. The minimum absolute atomic E-state index is 0.00119. The van der Waals surface area contributed by atoms with Crippen molar-refractivity contribution in [2.45, 2.75) is 18.9 Å². The van der Waals surface area contributed by atoms with E-state index in [0.717, 1.165) is 25.1 Å². The molecule has 1 aromatic carbocycles. The van der Waals surface area contributed by atoms with Crippen LogP contribution < -0.4 is 16.1 Å². The number of hydrogen-bond acceptors (Lipinski definition) is 5. The number of nitrogens with two attached hydrogens (primary N) is 1. The maximum atomic E-state index is 15.1. The van der Waals surface area contributed by atoms with E-state index < -0.39 is 28.6 Å². The second kappa shape index (κ2) is 7.12. The Morgan fingerprint density at radius 3 is 2.45 bits per heavy atom. The Morgan fingerprint density at radius 1 is 1.13 bits per heavy atom. The highest BCUT2D eigenvalue weighted by Gasteiger charge is 2.41. The van der Waals surface area contributed by atoms with Crippen LogP contribution >= 0.6 is 0 Å². The molecule has 160 valence electrons. The van der Waals surface area contributed by atoms with Crippen LogP contribution in [0.15, 0.2) is 41.3 Å². The number of piperidine rings is 1. The van der Waals surface area contributed by atoms with Gasteiger partial charge in [-0.1, -0.05) is 12.1 Å². The molecule has 31 heavy (non-hydrogen) atoms. The van der Waals surface area contributed by atoms with Crippen molar-refractivity contribution in [2.24, 2.45) is 17.6 Å². The summed E-state index contributed by atoms with van der Waals surface area (Å²) in [4.78, 5) is 30.5. The topological polar surface area (TPSA) is 101 Å². The summed E-state index contributed by atoms with van der Waals surface area (Å²) >= 11 is 0. The molecule has 0 radical (unpaired) electrons. The number of fused-ring (bicyclic) bond motifs is 3. The predicted octanol–water partition coefficient (Wildman–Crippen LogP) is 2.54. The summed E-state index contributed by atoms with van der Waals surface area (Å²) in [5.41, 5.74) is 4.81. The summed E-state index contributed by atoms with van der Waals surface area (Å²) < 4.78 is 30.8. The van der Waals surface area contributed by atoms with Gasteiger partial charge in [-0.15, -0.1) is 0 Å². The first kappa shape index (κ1) is 19.6. The molecular weight excluding hydrogens is 406 g/mol. The number of benzene rings is 1. The number of aromatic carboxylic acids is 1. The molecule has 0 amide bonds. The van der Waals surface area contributed by atoms with E-state index in [1.807, 2.05) is 4.90 Å². The molecule has 2 bridgehead atoms. The van der Waals surface area contributed by atoms with Gasteiger partial charge in [-0.05, 0) is 42.9 Å². The number of pyridine rings is 2. The third-order valence-electron chi connectivity index (χ3n) is 6.46. The van der Waals surface area contributed by atoms with Gasteiger partial charge >= 0.3 is 5.97 Å². The van der Waals surface area contributed by atoms with E-state index in [1.165, 1.54) is 22.8 Å². The van der Waals surface area contributed by atoms with Crippen LogP contribution in [-0.4, -0.2) is 39.8 Å². The zero-order chi connectivity index (χ0) is 21.9. The Bertz CT molecular complexity index is 1260. The Hall–Kier alpha value is -3.33. The fraction of sp³-hybridized carbons (Fsp3) is 0.318. The van der Waals surface area contributed by atoms with Crippen molar-refractivity contribution in [2.75, 3.05) is 18.0 Å². The van der Waals surface area contributed by atoms with Gasteiger partial charge in [-0.2, -0.15) is 0 Å². The first-order chi connectivity index (χ1) is 14.8. The molecule has 5 rings (SSSR count). The molecule has 1 saturated carbocycles. The quantitative estimate of drug-likeness (QED) is 0.668. The SMILES string of the molecule is NC1C2CCC1CN(c1nc3c(cc1F)c(=O)c(C(=O)O)cn3-c1ccccc1F)C2. The van der Waals surface area contributed by atoms with Crippen molar-refractivity contribution < 1.29 is 18.7 Å². The van der Waals surface area contributed by atoms with Crippen LogP contribution in [0.2, 0.25) is 0 Å². The number of para-hydroxylation sites is 1. The molecule has 2 atom stereocenters. The molecule has 1 aliphatic heterocycles. The number of nitrogens with zero attached hydrogens (tertiary/aromatic N) is 3. The number of halogens is 2. The number of rotatable bonds is 3. The highest BCUT2D eigenvalue weighted by molar-refractivity contribution is 5.92. The van der Waals surface area contributed by atoms with E-state index in [4.69, 9.17) is 5.73 Å². The molecule has 2 unspecified atom stereocenters. The number of carboxylic acid groups (broad SMARTS) is 1. The first-order valence-electron chi connectivity index (χ1n) is 10.1. The molecule has 2 fully saturated rings. The van der Waals surface area contributed by atoms with Crippen LogP contribution in [0.3, 0.4) is 0 Å². The summed E-state index contributed by atoms with van der Waals surface area (Å²) in [6, 6.07) is 6.81. The van der Waals surface area contributed by atoms with Crippen LogP contribution in [0, 0.1) is 23.5 Å². The Morgan fingerprint density at radius 2 is 1.81 bits per heavy atom. The Balaban J connectivity index is 1.75. The second-order valence-electron chi connectivity index (χ2n) is 8.24. The second-order valence-corrected chi connectivity index (χ2v) is 8.24. The fourth-order valence-electron chi connectivity index (χ4n) is 4.86. The lowest BCUT2D eigenvalue weighted by atomic mass is 9.93. The lowest BCUT2D eigenvalue weighted by Crippen LogP contribution is -2.49. The number of carboxylic acids is 1. The van der Waals surface area contributed by atoms with E-state index in [2.05, 4.69) is 4.98 Å². The van der Waals surface area contributed by atoms with Crippen molar-refractivity contribution in [1.29, 1.82) is 0 Å². The zero-order valence-electron chi connectivity index (χ0n) is 16.5. The lowest BCUT2D eigenvalue weighted by molar-refractivity contribution is 0.0695. The smallest absolute Gasteiger partial charge is 0.341 e. The van der Waals surface area contributed by atoms with Crippen molar-refractivity contribution in [3.8, 4) is 5.69 Å². The summed E-state index contributed by atoms with van der Waals surface area (Å²) in [7, 11) is 0. The van der Waals surface area contributed by atoms with Crippen molar-refractivity contribution in [3.63, 3.8) is 0 Å². The summed E-state index contributed by atoms with van der Waals surface area (Å²) in [6.07, 6.45) is 2.98. The number of aromatic nitrogens is 2. The summed E-state index contributed by atoms with van der Waals surface area (Å²) in [5.74, 6) is -2.30. The predicted molar refractivity (Wildman–Crippen MR) is 111 cm³/mol. The molecule has 3 heterocycles. The standard InChI is InChI=1S/C22H20F2N4O3/c23-15-3-1-2-4-17(15)28-10-14(22(30)31)19(29)13-7-16(24)21(26-20(13)28)27-8-11-5-6-12(9-27)18(11)25/h1-4,7,10-12,18H,5-6,8-9,25H2,(H,30,31). The highest BCUT2D eigenvalue weighted by atomic mass is 19.1. The zero-order valence-corrected chi connectivity index (χ0v) is 16.5. The largest absolute Gasteiger partial charge is 0.477 e. The fourth-order valence-corrected chi connectivity index (χ4v) is 4.86. The van der Waals surface area contributed by atoms with Crippen LogP contribution in [0.4, 0.5) is 14.6 Å². The van der Waals surface area contributed by atoms with Gasteiger partial charge in [0, 0.05) is 25.3 Å². The van der Waals surface area contributed by atoms with E-state index >= 15 is 4.39 Å². The molecule has 0 spiro atoms. The molecule has 2 aromatic heterocycles. The average molecular weight is 426 g/mol. The number of carbonyl (C=O) groups is 1. The van der Waals surface area contributed by atoms with Crippen LogP contribution in [0.1, 0.15) is 23.2 Å². The molecule has 3 N–H and O–H groups in total. The van der Waals surface area contributed by atoms with Gasteiger partial charge in [-0.3, -0.25) is 9.36 Å². The number of anilines is 1. The maximum absolute atomic E-state index is 15.1. The first-order valence-corrected chi connectivity index (χ1v) is 10.1. The van der Waals surface area contributed by atoms with Crippen LogP contribution in [0.5, 0.6) is 0 Å².